The van der Waals surface area contributed by atoms with Gasteiger partial charge >= 0.3 is 12.1 Å². The largest absolute Gasteiger partial charge is 0.335 e. The van der Waals surface area contributed by atoms with Crippen molar-refractivity contribution in [3.8, 4) is 0 Å². The highest BCUT2D eigenvalue weighted by Gasteiger charge is 2.31. The minimum atomic E-state index is -0.192. The molecular weight excluding hydrogens is 456 g/mol. The third kappa shape index (κ3) is 7.69. The highest BCUT2D eigenvalue weighted by Crippen LogP contribution is 2.35. The summed E-state index contributed by atoms with van der Waals surface area (Å²) in [6, 6.07) is -0.0165. The van der Waals surface area contributed by atoms with Crippen molar-refractivity contribution in [1.29, 1.82) is 0 Å². The van der Waals surface area contributed by atoms with E-state index in [1.165, 1.54) is 16.2 Å². The van der Waals surface area contributed by atoms with Gasteiger partial charge < -0.3 is 10.6 Å². The Morgan fingerprint density at radius 3 is 1.42 bits per heavy atom. The molecule has 2 aliphatic heterocycles. The molecule has 2 aliphatic carbocycles. The highest BCUT2D eigenvalue weighted by atomic mass is 16.2. The number of carbonyl (C=O) groups excluding carboxylic acids is 4. The van der Waals surface area contributed by atoms with Gasteiger partial charge in [-0.1, -0.05) is 19.3 Å². The maximum Gasteiger partial charge on any atom is 0.324 e. The Labute approximate surface area is 216 Å². The van der Waals surface area contributed by atoms with Crippen molar-refractivity contribution in [2.75, 3.05) is 13.1 Å². The van der Waals surface area contributed by atoms with E-state index in [0.717, 1.165) is 96.3 Å². The van der Waals surface area contributed by atoms with E-state index >= 15 is 0 Å². The molecule has 2 saturated heterocycles. The van der Waals surface area contributed by atoms with E-state index in [2.05, 4.69) is 10.6 Å². The average molecular weight is 503 g/mol. The predicted molar refractivity (Wildman–Crippen MR) is 138 cm³/mol. The number of urea groups is 2. The zero-order valence-corrected chi connectivity index (χ0v) is 22.0. The number of carbonyl (C=O) groups is 4. The van der Waals surface area contributed by atoms with Gasteiger partial charge in [-0.2, -0.15) is 0 Å². The number of rotatable bonds is 4. The molecule has 0 aromatic heterocycles. The fraction of sp³-hybridized carbons (Fsp3) is 0.857. The summed E-state index contributed by atoms with van der Waals surface area (Å²) in [5.41, 5.74) is 0. The minimum Gasteiger partial charge on any atom is -0.335 e. The van der Waals surface area contributed by atoms with Crippen molar-refractivity contribution >= 4 is 23.9 Å². The summed E-state index contributed by atoms with van der Waals surface area (Å²) < 4.78 is 0. The molecule has 0 bridgehead atoms. The van der Waals surface area contributed by atoms with Gasteiger partial charge in [-0.25, -0.2) is 9.59 Å². The first-order chi connectivity index (χ1) is 17.5. The molecule has 4 aliphatic rings. The second-order valence-corrected chi connectivity index (χ2v) is 11.6. The smallest absolute Gasteiger partial charge is 0.324 e. The second kappa shape index (κ2) is 13.4. The maximum atomic E-state index is 12.7. The first-order valence-corrected chi connectivity index (χ1v) is 14.7. The monoisotopic (exact) mass is 502 g/mol. The third-order valence-corrected chi connectivity index (χ3v) is 8.90. The van der Waals surface area contributed by atoms with Crippen LogP contribution in [0.1, 0.15) is 116 Å². The van der Waals surface area contributed by atoms with Gasteiger partial charge in [0.1, 0.15) is 0 Å². The van der Waals surface area contributed by atoms with Gasteiger partial charge in [0.25, 0.3) is 0 Å². The van der Waals surface area contributed by atoms with Gasteiger partial charge in [0, 0.05) is 38.0 Å². The second-order valence-electron chi connectivity index (χ2n) is 11.6. The molecule has 6 amide bonds. The van der Waals surface area contributed by atoms with Crippen molar-refractivity contribution in [1.82, 2.24) is 20.4 Å². The van der Waals surface area contributed by atoms with E-state index < -0.39 is 0 Å². The number of likely N-dealkylation sites (tertiary alicyclic amines) is 2. The molecule has 4 rings (SSSR count). The molecular formula is C28H46N4O4. The summed E-state index contributed by atoms with van der Waals surface area (Å²) in [5.74, 6) is 1.35. The van der Waals surface area contributed by atoms with Crippen LogP contribution in [-0.4, -0.2) is 58.8 Å². The molecule has 4 fully saturated rings. The zero-order chi connectivity index (χ0) is 25.3. The summed E-state index contributed by atoms with van der Waals surface area (Å²) >= 11 is 0. The Hall–Kier alpha value is -2.12. The van der Waals surface area contributed by atoms with E-state index in [1.807, 2.05) is 0 Å². The first-order valence-electron chi connectivity index (χ1n) is 14.7. The molecule has 8 heteroatoms. The fourth-order valence-corrected chi connectivity index (χ4v) is 6.63. The number of imide groups is 2. The number of amides is 6. The summed E-state index contributed by atoms with van der Waals surface area (Å²) in [7, 11) is 0. The van der Waals surface area contributed by atoms with Crippen molar-refractivity contribution in [2.24, 2.45) is 11.8 Å². The topological polar surface area (TPSA) is 98.8 Å². The normalized spacial score (nSPS) is 30.7. The van der Waals surface area contributed by atoms with Crippen molar-refractivity contribution < 1.29 is 19.2 Å². The maximum absolute atomic E-state index is 12.7. The lowest BCUT2D eigenvalue weighted by Crippen LogP contribution is -2.49. The van der Waals surface area contributed by atoms with Crippen LogP contribution in [0.3, 0.4) is 0 Å². The van der Waals surface area contributed by atoms with Crippen LogP contribution in [0.5, 0.6) is 0 Å². The highest BCUT2D eigenvalue weighted by molar-refractivity contribution is 5.95. The molecule has 0 atom stereocenters. The number of hydrogen-bond donors (Lipinski definition) is 2. The van der Waals surface area contributed by atoms with Crippen molar-refractivity contribution in [3.63, 3.8) is 0 Å². The predicted octanol–water partition coefficient (Wildman–Crippen LogP) is 5.11. The summed E-state index contributed by atoms with van der Waals surface area (Å²) in [5, 5.41) is 6.28. The lowest BCUT2D eigenvalue weighted by molar-refractivity contribution is -0.129. The average Bonchev–Trinajstić information content (AvgIpc) is 3.08. The van der Waals surface area contributed by atoms with Crippen molar-refractivity contribution in [3.05, 3.63) is 0 Å². The molecule has 0 radical (unpaired) electrons. The molecule has 2 saturated carbocycles. The Balaban J connectivity index is 1.13. The molecule has 2 heterocycles. The van der Waals surface area contributed by atoms with E-state index in [4.69, 9.17) is 0 Å². The third-order valence-electron chi connectivity index (χ3n) is 8.90. The van der Waals surface area contributed by atoms with Gasteiger partial charge in [0.15, 0.2) is 0 Å². The van der Waals surface area contributed by atoms with Crippen LogP contribution in [0.15, 0.2) is 0 Å². The Morgan fingerprint density at radius 2 is 0.972 bits per heavy atom. The van der Waals surface area contributed by atoms with Gasteiger partial charge in [0.05, 0.1) is 0 Å². The number of hydrogen-bond acceptors (Lipinski definition) is 4. The lowest BCUT2D eigenvalue weighted by Gasteiger charge is -2.35. The zero-order valence-electron chi connectivity index (χ0n) is 22.0. The molecule has 8 nitrogen and oxygen atoms in total. The quantitative estimate of drug-likeness (QED) is 0.558. The van der Waals surface area contributed by atoms with Crippen LogP contribution < -0.4 is 10.6 Å². The van der Waals surface area contributed by atoms with Gasteiger partial charge in [0.2, 0.25) is 11.8 Å². The minimum absolute atomic E-state index is 0.0225. The van der Waals surface area contributed by atoms with E-state index in [1.54, 1.807) is 0 Å². The van der Waals surface area contributed by atoms with Gasteiger partial charge in [-0.05, 0) is 95.3 Å². The van der Waals surface area contributed by atoms with Crippen LogP contribution in [0, 0.1) is 11.8 Å². The molecule has 0 aromatic rings. The van der Waals surface area contributed by atoms with Crippen LogP contribution in [-0.2, 0) is 9.59 Å². The Kier molecular flexibility index (Phi) is 10.0. The Bertz CT molecular complexity index is 772. The van der Waals surface area contributed by atoms with Crippen LogP contribution in [0.2, 0.25) is 0 Å². The summed E-state index contributed by atoms with van der Waals surface area (Å²) in [4.78, 5) is 52.8. The Morgan fingerprint density at radius 1 is 0.583 bits per heavy atom. The van der Waals surface area contributed by atoms with Crippen LogP contribution >= 0.6 is 0 Å². The molecule has 202 valence electrons. The lowest BCUT2D eigenvalue weighted by atomic mass is 9.75. The van der Waals surface area contributed by atoms with E-state index in [0.29, 0.717) is 37.8 Å². The molecule has 36 heavy (non-hydrogen) atoms. The van der Waals surface area contributed by atoms with Crippen LogP contribution in [0.4, 0.5) is 9.59 Å². The number of nitrogens with one attached hydrogen (secondary N) is 2. The number of nitrogens with zero attached hydrogens (tertiary/aromatic N) is 2. The SMILES string of the molecule is O=C1CCCCCCN1C(=O)NC1CCC(CC2CCC(NC(=O)N3CCCCCC3=O)CC2)CC1. The van der Waals surface area contributed by atoms with Crippen LogP contribution in [0.25, 0.3) is 0 Å². The van der Waals surface area contributed by atoms with Crippen molar-refractivity contribution in [2.45, 2.75) is 128 Å². The molecule has 0 spiro atoms. The summed E-state index contributed by atoms with van der Waals surface area (Å²) in [6.45, 7) is 1.11. The first kappa shape index (κ1) is 26.9. The van der Waals surface area contributed by atoms with E-state index in [-0.39, 0.29) is 36.0 Å². The van der Waals surface area contributed by atoms with Gasteiger partial charge in [-0.3, -0.25) is 19.4 Å². The molecule has 0 unspecified atom stereocenters. The summed E-state index contributed by atoms with van der Waals surface area (Å²) in [6.07, 6.45) is 17.5. The van der Waals surface area contributed by atoms with Gasteiger partial charge in [-0.15, -0.1) is 0 Å². The standard InChI is InChI=1S/C28H46N4O4/c33-25-8-4-1-2-6-18-31(25)27(35)29-23-14-10-21(11-15-23)20-22-12-16-24(17-13-22)30-28(36)32-19-7-3-5-9-26(32)34/h21-24H,1-20H2,(H,29,35)(H,30,36). The molecule has 0 aromatic carbocycles. The van der Waals surface area contributed by atoms with E-state index in [9.17, 15) is 19.2 Å². The molecule has 2 N–H and O–H groups in total. The fourth-order valence-electron chi connectivity index (χ4n) is 6.63.